The second-order valence-corrected chi connectivity index (χ2v) is 10.4. The van der Waals surface area contributed by atoms with Crippen LogP contribution in [0.2, 0.25) is 0 Å². The molecule has 4 fully saturated rings. The van der Waals surface area contributed by atoms with Crippen molar-refractivity contribution < 1.29 is 10.2 Å². The lowest BCUT2D eigenvalue weighted by molar-refractivity contribution is -0.116. The lowest BCUT2D eigenvalue weighted by atomic mass is 9.47. The van der Waals surface area contributed by atoms with Gasteiger partial charge in [0.05, 0.1) is 6.10 Å². The van der Waals surface area contributed by atoms with Crippen molar-refractivity contribution in [2.24, 2.45) is 35.0 Å². The van der Waals surface area contributed by atoms with E-state index >= 15 is 0 Å². The second-order valence-electron chi connectivity index (χ2n) is 10.4. The summed E-state index contributed by atoms with van der Waals surface area (Å²) in [6, 6.07) is 10.1. The fourth-order valence-electron chi connectivity index (χ4n) is 7.78. The summed E-state index contributed by atoms with van der Waals surface area (Å²) in [5.41, 5.74) is 0.608. The molecule has 150 valence electrons. The average molecular weight is 379 g/mol. The molecule has 28 heavy (non-hydrogen) atoms. The predicted molar refractivity (Wildman–Crippen MR) is 111 cm³/mol. The highest BCUT2D eigenvalue weighted by atomic mass is 16.3. The van der Waals surface area contributed by atoms with Crippen LogP contribution in [0, 0.1) is 46.8 Å². The lowest BCUT2D eigenvalue weighted by Gasteiger charge is -2.59. The van der Waals surface area contributed by atoms with E-state index in [-0.39, 0.29) is 6.10 Å². The van der Waals surface area contributed by atoms with Gasteiger partial charge in [-0.15, -0.1) is 0 Å². The molecule has 0 unspecified atom stereocenters. The van der Waals surface area contributed by atoms with Crippen molar-refractivity contribution >= 4 is 0 Å². The van der Waals surface area contributed by atoms with Crippen LogP contribution >= 0.6 is 0 Å². The monoisotopic (exact) mass is 378 g/mol. The van der Waals surface area contributed by atoms with Crippen LogP contribution in [0.3, 0.4) is 0 Å². The van der Waals surface area contributed by atoms with E-state index < -0.39 is 5.60 Å². The summed E-state index contributed by atoms with van der Waals surface area (Å²) in [5.74, 6) is 9.79. The summed E-state index contributed by atoms with van der Waals surface area (Å²) in [5, 5.41) is 21.6. The summed E-state index contributed by atoms with van der Waals surface area (Å²) in [4.78, 5) is 0. The van der Waals surface area contributed by atoms with E-state index in [0.717, 1.165) is 49.5 Å². The zero-order valence-electron chi connectivity index (χ0n) is 17.1. The van der Waals surface area contributed by atoms with Gasteiger partial charge in [0.1, 0.15) is 5.60 Å². The largest absolute Gasteiger partial charge is 0.393 e. The summed E-state index contributed by atoms with van der Waals surface area (Å²) >= 11 is 0. The molecule has 0 bridgehead atoms. The number of aliphatic hydroxyl groups excluding tert-OH is 1. The van der Waals surface area contributed by atoms with E-state index in [2.05, 4.69) is 18.8 Å². The highest BCUT2D eigenvalue weighted by molar-refractivity contribution is 5.37. The molecule has 0 heterocycles. The quantitative estimate of drug-likeness (QED) is 0.638. The van der Waals surface area contributed by atoms with Gasteiger partial charge in [0.15, 0.2) is 0 Å². The first-order chi connectivity index (χ1) is 13.5. The van der Waals surface area contributed by atoms with Crippen molar-refractivity contribution in [1.82, 2.24) is 0 Å². The Morgan fingerprint density at radius 2 is 1.64 bits per heavy atom. The number of fused-ring (bicyclic) bond motifs is 5. The topological polar surface area (TPSA) is 40.5 Å². The van der Waals surface area contributed by atoms with Gasteiger partial charge in [-0.2, -0.15) is 0 Å². The van der Waals surface area contributed by atoms with Gasteiger partial charge < -0.3 is 10.2 Å². The van der Waals surface area contributed by atoms with Crippen molar-refractivity contribution in [2.75, 3.05) is 0 Å². The third kappa shape index (κ3) is 2.94. The molecule has 8 atom stereocenters. The van der Waals surface area contributed by atoms with Crippen LogP contribution in [0.15, 0.2) is 30.3 Å². The van der Waals surface area contributed by atoms with Gasteiger partial charge in [0, 0.05) is 11.5 Å². The zero-order valence-corrected chi connectivity index (χ0v) is 17.1. The number of aliphatic hydroxyl groups is 2. The van der Waals surface area contributed by atoms with E-state index in [4.69, 9.17) is 0 Å². The van der Waals surface area contributed by atoms with Gasteiger partial charge in [-0.1, -0.05) is 37.0 Å². The number of hydrogen-bond donors (Lipinski definition) is 2. The molecule has 1 aromatic rings. The molecule has 4 aliphatic rings. The van der Waals surface area contributed by atoms with Crippen LogP contribution in [0.25, 0.3) is 0 Å². The molecule has 2 N–H and O–H groups in total. The Hall–Kier alpha value is -1.30. The molecule has 0 amide bonds. The van der Waals surface area contributed by atoms with Crippen LogP contribution < -0.4 is 0 Å². The smallest absolute Gasteiger partial charge is 0.128 e. The highest BCUT2D eigenvalue weighted by Crippen LogP contribution is 2.64. The van der Waals surface area contributed by atoms with Gasteiger partial charge in [-0.05, 0) is 99.0 Å². The summed E-state index contributed by atoms with van der Waals surface area (Å²) in [6.45, 7) is 2.52. The summed E-state index contributed by atoms with van der Waals surface area (Å²) < 4.78 is 0. The van der Waals surface area contributed by atoms with Crippen LogP contribution in [0.5, 0.6) is 0 Å². The Bertz CT molecular complexity index is 777. The first-order valence-electron chi connectivity index (χ1n) is 11.5. The van der Waals surface area contributed by atoms with Crippen molar-refractivity contribution in [3.63, 3.8) is 0 Å². The molecule has 0 spiro atoms. The standard InChI is InChI=1S/C26H34O2/c1-25-14-12-20(27)17-19(25)7-8-21-22-13-16-26(28,24(22)10-9-23(21)25)15-11-18-5-3-2-4-6-18/h2-6,19-24,27-28H,7-10,12-14,16-17H2,1H3/t19-,20-,21+,22-,23+,24-,25-,26-/m0/s1. The molecule has 1 aromatic carbocycles. The third-order valence-corrected chi connectivity index (χ3v) is 9.24. The normalized spacial score (nSPS) is 47.2. The van der Waals surface area contributed by atoms with Crippen LogP contribution in [-0.2, 0) is 0 Å². The van der Waals surface area contributed by atoms with Crippen LogP contribution in [-0.4, -0.2) is 21.9 Å². The van der Waals surface area contributed by atoms with Gasteiger partial charge in [0.25, 0.3) is 0 Å². The van der Waals surface area contributed by atoms with E-state index in [1.807, 2.05) is 30.3 Å². The highest BCUT2D eigenvalue weighted by Gasteiger charge is 2.59. The van der Waals surface area contributed by atoms with Gasteiger partial charge in [-0.25, -0.2) is 0 Å². The Kier molecular flexibility index (Phi) is 4.61. The fraction of sp³-hybridized carbons (Fsp3) is 0.692. The SMILES string of the molecule is C[C@]12CC[C@H](O)C[C@@H]1CC[C@@H]1[C@@H]3CC[C@@](O)(C#Cc4ccccc4)[C@H]3CC[C@H]12. The number of hydrogen-bond acceptors (Lipinski definition) is 2. The van der Waals surface area contributed by atoms with Crippen LogP contribution in [0.4, 0.5) is 0 Å². The lowest BCUT2D eigenvalue weighted by Crippen LogP contribution is -2.53. The van der Waals surface area contributed by atoms with E-state index in [9.17, 15) is 10.2 Å². The maximum absolute atomic E-state index is 11.5. The Morgan fingerprint density at radius 1 is 0.893 bits per heavy atom. The molecule has 5 rings (SSSR count). The third-order valence-electron chi connectivity index (χ3n) is 9.24. The Labute approximate surface area is 169 Å². The zero-order chi connectivity index (χ0) is 19.4. The second kappa shape index (κ2) is 6.89. The van der Waals surface area contributed by atoms with Gasteiger partial charge in [-0.3, -0.25) is 0 Å². The maximum Gasteiger partial charge on any atom is 0.128 e. The predicted octanol–water partition coefficient (Wildman–Crippen LogP) is 4.78. The molecule has 0 aromatic heterocycles. The van der Waals surface area contributed by atoms with Crippen molar-refractivity contribution in [2.45, 2.75) is 76.4 Å². The fourth-order valence-corrected chi connectivity index (χ4v) is 7.78. The van der Waals surface area contributed by atoms with Crippen molar-refractivity contribution in [3.8, 4) is 11.8 Å². The first kappa shape index (κ1) is 18.7. The molecule has 4 saturated carbocycles. The molecule has 0 aliphatic heterocycles. The van der Waals surface area contributed by atoms with E-state index in [1.54, 1.807) is 0 Å². The molecule has 0 radical (unpaired) electrons. The van der Waals surface area contributed by atoms with E-state index in [1.165, 1.54) is 25.7 Å². The first-order valence-corrected chi connectivity index (χ1v) is 11.5. The van der Waals surface area contributed by atoms with Crippen LogP contribution in [0.1, 0.15) is 70.3 Å². The van der Waals surface area contributed by atoms with E-state index in [0.29, 0.717) is 23.2 Å². The molecular formula is C26H34O2. The molecule has 0 saturated heterocycles. The Balaban J connectivity index is 1.37. The summed E-state index contributed by atoms with van der Waals surface area (Å²) in [7, 11) is 0. The molecular weight excluding hydrogens is 344 g/mol. The number of rotatable bonds is 0. The Morgan fingerprint density at radius 3 is 2.46 bits per heavy atom. The van der Waals surface area contributed by atoms with Crippen molar-refractivity contribution in [3.05, 3.63) is 35.9 Å². The average Bonchev–Trinajstić information content (AvgIpc) is 3.05. The molecule has 2 heteroatoms. The van der Waals surface area contributed by atoms with Crippen molar-refractivity contribution in [1.29, 1.82) is 0 Å². The number of benzene rings is 1. The van der Waals surface area contributed by atoms with Gasteiger partial charge >= 0.3 is 0 Å². The minimum Gasteiger partial charge on any atom is -0.393 e. The van der Waals surface area contributed by atoms with Gasteiger partial charge in [0.2, 0.25) is 0 Å². The minimum absolute atomic E-state index is 0.0733. The molecule has 4 aliphatic carbocycles. The summed E-state index contributed by atoms with van der Waals surface area (Å²) in [6.07, 6.45) is 10.0. The minimum atomic E-state index is -0.800. The maximum atomic E-state index is 11.5. The molecule has 2 nitrogen and oxygen atoms in total.